The molecule has 0 bridgehead atoms. The predicted molar refractivity (Wildman–Crippen MR) is 77.9 cm³/mol. The molecule has 0 spiro atoms. The molecule has 0 unspecified atom stereocenters. The summed E-state index contributed by atoms with van der Waals surface area (Å²) in [5.41, 5.74) is 0.453. The molecule has 2 aromatic rings. The number of aryl methyl sites for hydroxylation is 1. The highest BCUT2D eigenvalue weighted by atomic mass is 19.1. The van der Waals surface area contributed by atoms with Gasteiger partial charge in [0.1, 0.15) is 5.69 Å². The molecule has 2 aromatic heterocycles. The topological polar surface area (TPSA) is 67.2 Å². The van der Waals surface area contributed by atoms with Crippen molar-refractivity contribution in [2.24, 2.45) is 7.05 Å². The van der Waals surface area contributed by atoms with Gasteiger partial charge < -0.3 is 9.80 Å². The second-order valence-corrected chi connectivity index (χ2v) is 5.21. The number of rotatable bonds is 2. The van der Waals surface area contributed by atoms with E-state index in [0.29, 0.717) is 31.3 Å². The van der Waals surface area contributed by atoms with Crippen molar-refractivity contribution in [1.29, 1.82) is 0 Å². The summed E-state index contributed by atoms with van der Waals surface area (Å²) in [6.07, 6.45) is 4.87. The molecule has 0 saturated carbocycles. The Kier molecular flexibility index (Phi) is 3.99. The summed E-state index contributed by atoms with van der Waals surface area (Å²) >= 11 is 0. The summed E-state index contributed by atoms with van der Waals surface area (Å²) in [4.78, 5) is 24.1. The second kappa shape index (κ2) is 6.08. The molecule has 3 heterocycles. The van der Waals surface area contributed by atoms with Crippen molar-refractivity contribution >= 4 is 11.9 Å². The maximum Gasteiger partial charge on any atom is 0.274 e. The zero-order valence-electron chi connectivity index (χ0n) is 12.3. The Bertz CT molecular complexity index is 656. The standard InChI is InChI=1S/C14H17FN6O/c1-19-6-3-12(18-19)13(22)20-4-2-5-21(8-7-20)14-16-9-11(15)10-17-14/h3,6,9-10H,2,4-5,7-8H2,1H3. The third kappa shape index (κ3) is 3.05. The molecule has 0 atom stereocenters. The van der Waals surface area contributed by atoms with E-state index in [4.69, 9.17) is 0 Å². The first-order valence-corrected chi connectivity index (χ1v) is 7.15. The first-order chi connectivity index (χ1) is 10.6. The van der Waals surface area contributed by atoms with E-state index in [1.54, 1.807) is 28.9 Å². The number of hydrogen-bond donors (Lipinski definition) is 0. The molecule has 1 amide bonds. The molecule has 1 fully saturated rings. The predicted octanol–water partition coefficient (Wildman–Crippen LogP) is 0.702. The fraction of sp³-hybridized carbons (Fsp3) is 0.429. The van der Waals surface area contributed by atoms with E-state index < -0.39 is 5.82 Å². The van der Waals surface area contributed by atoms with Gasteiger partial charge in [-0.1, -0.05) is 0 Å². The maximum absolute atomic E-state index is 12.9. The van der Waals surface area contributed by atoms with E-state index >= 15 is 0 Å². The van der Waals surface area contributed by atoms with Crippen LogP contribution in [0.4, 0.5) is 10.3 Å². The normalized spacial score (nSPS) is 15.7. The highest BCUT2D eigenvalue weighted by Gasteiger charge is 2.22. The molecule has 7 nitrogen and oxygen atoms in total. The molecular formula is C14H17FN6O. The summed E-state index contributed by atoms with van der Waals surface area (Å²) in [5.74, 6) is -0.0264. The van der Waals surface area contributed by atoms with Crippen LogP contribution in [0.1, 0.15) is 16.9 Å². The second-order valence-electron chi connectivity index (χ2n) is 5.21. The van der Waals surface area contributed by atoms with Gasteiger partial charge >= 0.3 is 0 Å². The van der Waals surface area contributed by atoms with Crippen molar-refractivity contribution in [3.05, 3.63) is 36.2 Å². The van der Waals surface area contributed by atoms with Crippen molar-refractivity contribution < 1.29 is 9.18 Å². The lowest BCUT2D eigenvalue weighted by molar-refractivity contribution is 0.0760. The molecule has 3 rings (SSSR count). The number of hydrogen-bond acceptors (Lipinski definition) is 5. The Morgan fingerprint density at radius 2 is 1.95 bits per heavy atom. The van der Waals surface area contributed by atoms with E-state index in [2.05, 4.69) is 15.1 Å². The monoisotopic (exact) mass is 304 g/mol. The molecule has 1 saturated heterocycles. The Hall–Kier alpha value is -2.51. The van der Waals surface area contributed by atoms with Gasteiger partial charge in [-0.15, -0.1) is 0 Å². The zero-order chi connectivity index (χ0) is 15.5. The first kappa shape index (κ1) is 14.4. The number of nitrogens with zero attached hydrogens (tertiary/aromatic N) is 6. The van der Waals surface area contributed by atoms with Gasteiger partial charge in [-0.2, -0.15) is 5.10 Å². The van der Waals surface area contributed by atoms with Crippen LogP contribution >= 0.6 is 0 Å². The lowest BCUT2D eigenvalue weighted by Crippen LogP contribution is -2.35. The van der Waals surface area contributed by atoms with Crippen LogP contribution in [0, 0.1) is 5.82 Å². The van der Waals surface area contributed by atoms with Gasteiger partial charge in [-0.05, 0) is 12.5 Å². The van der Waals surface area contributed by atoms with E-state index in [0.717, 1.165) is 25.4 Å². The summed E-state index contributed by atoms with van der Waals surface area (Å²) in [5, 5.41) is 4.15. The smallest absolute Gasteiger partial charge is 0.274 e. The van der Waals surface area contributed by atoms with Crippen molar-refractivity contribution in [3.63, 3.8) is 0 Å². The minimum atomic E-state index is -0.453. The van der Waals surface area contributed by atoms with Gasteiger partial charge in [0.2, 0.25) is 5.95 Å². The minimum absolute atomic E-state index is 0.0672. The van der Waals surface area contributed by atoms with Crippen LogP contribution in [-0.2, 0) is 7.05 Å². The van der Waals surface area contributed by atoms with Crippen LogP contribution in [0.15, 0.2) is 24.7 Å². The van der Waals surface area contributed by atoms with Crippen LogP contribution in [0.5, 0.6) is 0 Å². The average molecular weight is 304 g/mol. The molecule has 0 radical (unpaired) electrons. The summed E-state index contributed by atoms with van der Waals surface area (Å²) in [6.45, 7) is 2.57. The highest BCUT2D eigenvalue weighted by molar-refractivity contribution is 5.92. The number of amides is 1. The van der Waals surface area contributed by atoms with Crippen molar-refractivity contribution in [1.82, 2.24) is 24.6 Å². The largest absolute Gasteiger partial charge is 0.339 e. The number of aromatic nitrogens is 4. The summed E-state index contributed by atoms with van der Waals surface area (Å²) < 4.78 is 14.5. The molecule has 22 heavy (non-hydrogen) atoms. The quantitative estimate of drug-likeness (QED) is 0.817. The van der Waals surface area contributed by atoms with Crippen LogP contribution in [0.3, 0.4) is 0 Å². The first-order valence-electron chi connectivity index (χ1n) is 7.15. The SMILES string of the molecule is Cn1ccc(C(=O)N2CCCN(c3ncc(F)cn3)CC2)n1. The van der Waals surface area contributed by atoms with Gasteiger partial charge in [0, 0.05) is 39.4 Å². The lowest BCUT2D eigenvalue weighted by atomic mass is 10.3. The summed E-state index contributed by atoms with van der Waals surface area (Å²) in [7, 11) is 1.78. The van der Waals surface area contributed by atoms with Gasteiger partial charge in [-0.3, -0.25) is 9.48 Å². The Balaban J connectivity index is 1.67. The van der Waals surface area contributed by atoms with E-state index in [1.165, 1.54) is 0 Å². The Labute approximate surface area is 127 Å². The van der Waals surface area contributed by atoms with Gasteiger partial charge in [-0.25, -0.2) is 14.4 Å². The Morgan fingerprint density at radius 1 is 1.18 bits per heavy atom. The highest BCUT2D eigenvalue weighted by Crippen LogP contribution is 2.12. The fourth-order valence-corrected chi connectivity index (χ4v) is 2.48. The molecule has 0 aromatic carbocycles. The van der Waals surface area contributed by atoms with Gasteiger partial charge in [0.15, 0.2) is 5.82 Å². The van der Waals surface area contributed by atoms with Crippen LogP contribution in [0.25, 0.3) is 0 Å². The van der Waals surface area contributed by atoms with Crippen molar-refractivity contribution in [3.8, 4) is 0 Å². The number of carbonyl (C=O) groups excluding carboxylic acids is 1. The maximum atomic E-state index is 12.9. The van der Waals surface area contributed by atoms with Gasteiger partial charge in [0.05, 0.1) is 12.4 Å². The molecule has 116 valence electrons. The van der Waals surface area contributed by atoms with E-state index in [9.17, 15) is 9.18 Å². The molecule has 1 aliphatic rings. The van der Waals surface area contributed by atoms with Gasteiger partial charge in [0.25, 0.3) is 5.91 Å². The number of carbonyl (C=O) groups is 1. The number of anilines is 1. The summed E-state index contributed by atoms with van der Waals surface area (Å²) in [6, 6.07) is 1.72. The molecule has 8 heteroatoms. The third-order valence-electron chi connectivity index (χ3n) is 3.61. The van der Waals surface area contributed by atoms with E-state index in [-0.39, 0.29) is 5.91 Å². The van der Waals surface area contributed by atoms with Crippen LogP contribution < -0.4 is 4.90 Å². The van der Waals surface area contributed by atoms with Crippen LogP contribution in [-0.4, -0.2) is 56.7 Å². The van der Waals surface area contributed by atoms with Crippen molar-refractivity contribution in [2.45, 2.75) is 6.42 Å². The molecule has 0 aliphatic carbocycles. The Morgan fingerprint density at radius 3 is 2.64 bits per heavy atom. The minimum Gasteiger partial charge on any atom is -0.339 e. The zero-order valence-corrected chi connectivity index (χ0v) is 12.3. The molecule has 1 aliphatic heterocycles. The average Bonchev–Trinajstić information content (AvgIpc) is 2.81. The lowest BCUT2D eigenvalue weighted by Gasteiger charge is -2.21. The fourth-order valence-electron chi connectivity index (χ4n) is 2.48. The number of halogens is 1. The molecule has 0 N–H and O–H groups in total. The van der Waals surface area contributed by atoms with Crippen molar-refractivity contribution in [2.75, 3.05) is 31.1 Å². The third-order valence-corrected chi connectivity index (χ3v) is 3.61. The van der Waals surface area contributed by atoms with Crippen LogP contribution in [0.2, 0.25) is 0 Å². The molecular weight excluding hydrogens is 287 g/mol. The van der Waals surface area contributed by atoms with E-state index in [1.807, 2.05) is 4.90 Å².